The summed E-state index contributed by atoms with van der Waals surface area (Å²) in [7, 11) is 0. The van der Waals surface area contributed by atoms with Crippen molar-refractivity contribution in [2.75, 3.05) is 13.1 Å². The molecular formula is C13H25N3O4. The van der Waals surface area contributed by atoms with Crippen molar-refractivity contribution in [3.05, 3.63) is 0 Å². The fraction of sp³-hybridized carbons (Fsp3) is 0.769. The topological polar surface area (TPSA) is 136 Å². The minimum Gasteiger partial charge on any atom is -0.480 e. The first kappa shape index (κ1) is 18.7. The van der Waals surface area contributed by atoms with Crippen LogP contribution in [0.2, 0.25) is 0 Å². The molecule has 0 bridgehead atoms. The Labute approximate surface area is 119 Å². The van der Waals surface area contributed by atoms with Gasteiger partial charge < -0.3 is 21.9 Å². The number of rotatable bonds is 10. The summed E-state index contributed by atoms with van der Waals surface area (Å²) in [4.78, 5) is 35.0. The van der Waals surface area contributed by atoms with E-state index in [1.54, 1.807) is 20.8 Å². The molecular weight excluding hydrogens is 262 g/mol. The minimum absolute atomic E-state index is 0.0111. The van der Waals surface area contributed by atoms with E-state index in [0.717, 1.165) is 0 Å². The number of ketones is 2. The van der Waals surface area contributed by atoms with E-state index in [2.05, 4.69) is 5.32 Å². The molecule has 7 heteroatoms. The lowest BCUT2D eigenvalue weighted by Crippen LogP contribution is -2.62. The van der Waals surface area contributed by atoms with E-state index in [-0.39, 0.29) is 37.6 Å². The molecule has 0 aromatic heterocycles. The number of hydrogen-bond acceptors (Lipinski definition) is 6. The number of aliphatic carboxylic acids is 1. The minimum atomic E-state index is -1.93. The second kappa shape index (κ2) is 8.08. The van der Waals surface area contributed by atoms with Crippen LogP contribution >= 0.6 is 0 Å². The van der Waals surface area contributed by atoms with Crippen molar-refractivity contribution in [3.63, 3.8) is 0 Å². The van der Waals surface area contributed by atoms with Crippen molar-refractivity contribution in [1.29, 1.82) is 0 Å². The predicted octanol–water partition coefficient (Wildman–Crippen LogP) is -0.720. The summed E-state index contributed by atoms with van der Waals surface area (Å²) in [6.07, 6.45) is 0.204. The first-order chi connectivity index (χ1) is 9.20. The predicted molar refractivity (Wildman–Crippen MR) is 75.2 cm³/mol. The van der Waals surface area contributed by atoms with Crippen molar-refractivity contribution in [3.8, 4) is 0 Å². The van der Waals surface area contributed by atoms with Gasteiger partial charge in [-0.05, 0) is 18.9 Å². The summed E-state index contributed by atoms with van der Waals surface area (Å²) in [5.74, 6) is -2.27. The number of carboxylic acid groups (broad SMARTS) is 1. The molecule has 116 valence electrons. The van der Waals surface area contributed by atoms with Gasteiger partial charge in [0.2, 0.25) is 0 Å². The SMILES string of the molecule is CCC(N)(C(=O)O)C(=O)C(NCC(=O)CCN)C(C)C. The Morgan fingerprint density at radius 1 is 1.30 bits per heavy atom. The van der Waals surface area contributed by atoms with Crippen LogP contribution in [-0.2, 0) is 14.4 Å². The van der Waals surface area contributed by atoms with Crippen LogP contribution in [0.15, 0.2) is 0 Å². The molecule has 0 aliphatic heterocycles. The van der Waals surface area contributed by atoms with Crippen LogP contribution in [0, 0.1) is 5.92 Å². The van der Waals surface area contributed by atoms with Gasteiger partial charge in [0.25, 0.3) is 0 Å². The molecule has 7 nitrogen and oxygen atoms in total. The van der Waals surface area contributed by atoms with Gasteiger partial charge in [-0.3, -0.25) is 9.59 Å². The van der Waals surface area contributed by atoms with Gasteiger partial charge in [-0.15, -0.1) is 0 Å². The molecule has 20 heavy (non-hydrogen) atoms. The smallest absolute Gasteiger partial charge is 0.331 e. The highest BCUT2D eigenvalue weighted by Gasteiger charge is 2.44. The van der Waals surface area contributed by atoms with Gasteiger partial charge in [-0.25, -0.2) is 4.79 Å². The molecule has 0 rings (SSSR count). The maximum Gasteiger partial charge on any atom is 0.331 e. The maximum absolute atomic E-state index is 12.3. The van der Waals surface area contributed by atoms with Crippen LogP contribution < -0.4 is 16.8 Å². The van der Waals surface area contributed by atoms with Gasteiger partial charge in [-0.1, -0.05) is 20.8 Å². The number of carbonyl (C=O) groups excluding carboxylic acids is 2. The molecule has 2 unspecified atom stereocenters. The third-order valence-corrected chi connectivity index (χ3v) is 3.27. The lowest BCUT2D eigenvalue weighted by molar-refractivity contribution is -0.149. The Morgan fingerprint density at radius 3 is 2.20 bits per heavy atom. The quantitative estimate of drug-likeness (QED) is 0.389. The average molecular weight is 287 g/mol. The molecule has 0 amide bonds. The van der Waals surface area contributed by atoms with Crippen LogP contribution in [0.4, 0.5) is 0 Å². The zero-order valence-electron chi connectivity index (χ0n) is 12.3. The fourth-order valence-corrected chi connectivity index (χ4v) is 1.81. The number of nitrogens with two attached hydrogens (primary N) is 2. The number of Topliss-reactive ketones (excluding diaryl/α,β-unsaturated/α-hetero) is 2. The van der Waals surface area contributed by atoms with Crippen molar-refractivity contribution in [1.82, 2.24) is 5.32 Å². The average Bonchev–Trinajstić information content (AvgIpc) is 2.37. The molecule has 0 saturated carbocycles. The van der Waals surface area contributed by atoms with E-state index in [9.17, 15) is 14.4 Å². The third kappa shape index (κ3) is 4.66. The fourth-order valence-electron chi connectivity index (χ4n) is 1.81. The Balaban J connectivity index is 4.96. The molecule has 2 atom stereocenters. The van der Waals surface area contributed by atoms with Gasteiger partial charge in [0, 0.05) is 6.42 Å². The van der Waals surface area contributed by atoms with E-state index in [1.807, 2.05) is 0 Å². The molecule has 6 N–H and O–H groups in total. The van der Waals surface area contributed by atoms with Crippen LogP contribution in [-0.4, -0.2) is 47.3 Å². The lowest BCUT2D eigenvalue weighted by atomic mass is 9.83. The zero-order chi connectivity index (χ0) is 15.9. The van der Waals surface area contributed by atoms with E-state index in [4.69, 9.17) is 16.6 Å². The third-order valence-electron chi connectivity index (χ3n) is 3.27. The Morgan fingerprint density at radius 2 is 1.85 bits per heavy atom. The first-order valence-corrected chi connectivity index (χ1v) is 6.72. The van der Waals surface area contributed by atoms with E-state index in [0.29, 0.717) is 0 Å². The second-order valence-electron chi connectivity index (χ2n) is 5.17. The molecule has 0 fully saturated rings. The van der Waals surface area contributed by atoms with Crippen molar-refractivity contribution >= 4 is 17.5 Å². The van der Waals surface area contributed by atoms with Crippen LogP contribution in [0.3, 0.4) is 0 Å². The van der Waals surface area contributed by atoms with Gasteiger partial charge >= 0.3 is 5.97 Å². The molecule has 0 aliphatic rings. The van der Waals surface area contributed by atoms with E-state index >= 15 is 0 Å². The standard InChI is InChI=1S/C13H25N3O4/c1-4-13(15,12(19)20)11(18)10(8(2)3)16-7-9(17)5-6-14/h8,10,16H,4-7,14-15H2,1-3H3,(H,19,20). The largest absolute Gasteiger partial charge is 0.480 e. The normalized spacial score (nSPS) is 15.7. The molecule has 0 heterocycles. The molecule has 0 aromatic rings. The summed E-state index contributed by atoms with van der Waals surface area (Å²) in [6, 6.07) is -0.780. The zero-order valence-corrected chi connectivity index (χ0v) is 12.3. The van der Waals surface area contributed by atoms with Crippen molar-refractivity contribution in [2.24, 2.45) is 17.4 Å². The summed E-state index contributed by atoms with van der Waals surface area (Å²) in [5, 5.41) is 11.9. The van der Waals surface area contributed by atoms with Crippen LogP contribution in [0.25, 0.3) is 0 Å². The van der Waals surface area contributed by atoms with Gasteiger partial charge in [0.15, 0.2) is 11.3 Å². The van der Waals surface area contributed by atoms with Gasteiger partial charge in [0.05, 0.1) is 12.6 Å². The summed E-state index contributed by atoms with van der Waals surface area (Å²) in [5.41, 5.74) is 9.03. The molecule has 0 spiro atoms. The number of carboxylic acids is 1. The van der Waals surface area contributed by atoms with Crippen molar-refractivity contribution in [2.45, 2.75) is 45.2 Å². The lowest BCUT2D eigenvalue weighted by Gasteiger charge is -2.29. The Bertz CT molecular complexity index is 371. The maximum atomic E-state index is 12.3. The highest BCUT2D eigenvalue weighted by Crippen LogP contribution is 2.15. The van der Waals surface area contributed by atoms with Crippen LogP contribution in [0.5, 0.6) is 0 Å². The van der Waals surface area contributed by atoms with Gasteiger partial charge in [-0.2, -0.15) is 0 Å². The summed E-state index contributed by atoms with van der Waals surface area (Å²) >= 11 is 0. The number of nitrogens with one attached hydrogen (secondary N) is 1. The van der Waals surface area contributed by atoms with Crippen LogP contribution in [0.1, 0.15) is 33.6 Å². The summed E-state index contributed by atoms with van der Waals surface area (Å²) < 4.78 is 0. The highest BCUT2D eigenvalue weighted by atomic mass is 16.4. The Hall–Kier alpha value is -1.31. The van der Waals surface area contributed by atoms with E-state index in [1.165, 1.54) is 0 Å². The first-order valence-electron chi connectivity index (χ1n) is 6.72. The highest BCUT2D eigenvalue weighted by molar-refractivity contribution is 6.10. The van der Waals surface area contributed by atoms with Crippen molar-refractivity contribution < 1.29 is 19.5 Å². The molecule has 0 radical (unpaired) electrons. The molecule has 0 aliphatic carbocycles. The summed E-state index contributed by atoms with van der Waals surface area (Å²) in [6.45, 7) is 5.29. The molecule has 0 aromatic carbocycles. The molecule has 0 saturated heterocycles. The number of hydrogen-bond donors (Lipinski definition) is 4. The monoisotopic (exact) mass is 287 g/mol. The Kier molecular flexibility index (Phi) is 7.55. The number of carbonyl (C=O) groups is 3. The second-order valence-corrected chi connectivity index (χ2v) is 5.17. The van der Waals surface area contributed by atoms with E-state index < -0.39 is 23.3 Å². The van der Waals surface area contributed by atoms with Gasteiger partial charge in [0.1, 0.15) is 5.78 Å².